The van der Waals surface area contributed by atoms with Crippen LogP contribution in [-0.4, -0.2) is 38.3 Å². The van der Waals surface area contributed by atoms with Gasteiger partial charge in [0.15, 0.2) is 0 Å². The number of carbonyl (C=O) groups is 1. The van der Waals surface area contributed by atoms with Crippen molar-refractivity contribution in [3.05, 3.63) is 112 Å². The van der Waals surface area contributed by atoms with Gasteiger partial charge in [-0.3, -0.25) is 19.0 Å². The molecule has 0 radical (unpaired) electrons. The van der Waals surface area contributed by atoms with Crippen molar-refractivity contribution >= 4 is 11.6 Å². The zero-order valence-electron chi connectivity index (χ0n) is 19.3. The summed E-state index contributed by atoms with van der Waals surface area (Å²) in [6, 6.07) is 18.5. The Morgan fingerprint density at radius 3 is 2.59 bits per heavy atom. The molecule has 0 bridgehead atoms. The van der Waals surface area contributed by atoms with Crippen LogP contribution in [-0.2, 0) is 6.42 Å². The SMILES string of the molecule is CCC(c1nc2ccccn2c(=O)c1Cc1ccccc1)N(CCCN)C(=O)c1cccnc1. The average Bonchev–Trinajstić information content (AvgIpc) is 2.89. The molecule has 3 aromatic heterocycles. The quantitative estimate of drug-likeness (QED) is 0.416. The molecule has 0 fully saturated rings. The third-order valence-electron chi connectivity index (χ3n) is 5.93. The van der Waals surface area contributed by atoms with Crippen LogP contribution in [0.1, 0.15) is 53.0 Å². The summed E-state index contributed by atoms with van der Waals surface area (Å²) >= 11 is 0. The Morgan fingerprint density at radius 1 is 1.09 bits per heavy atom. The number of amides is 1. The Labute approximate surface area is 198 Å². The first-order valence-electron chi connectivity index (χ1n) is 11.6. The third-order valence-corrected chi connectivity index (χ3v) is 5.93. The number of hydrogen-bond acceptors (Lipinski definition) is 5. The van der Waals surface area contributed by atoms with Crippen molar-refractivity contribution in [1.82, 2.24) is 19.3 Å². The second-order valence-electron chi connectivity index (χ2n) is 8.18. The summed E-state index contributed by atoms with van der Waals surface area (Å²) in [5.41, 5.74) is 9.00. The molecular formula is C27H29N5O2. The van der Waals surface area contributed by atoms with E-state index in [1.807, 2.05) is 55.5 Å². The molecule has 0 aliphatic heterocycles. The standard InChI is InChI=1S/C27H29N5O2/c1-2-23(31(17-9-14-28)26(33)21-12-8-15-29-19-21)25-22(18-20-10-4-3-5-11-20)27(34)32-16-7-6-13-24(32)30-25/h3-8,10-13,15-16,19,23H,2,9,14,17-18,28H2,1H3. The van der Waals surface area contributed by atoms with Crippen LogP contribution in [0.5, 0.6) is 0 Å². The summed E-state index contributed by atoms with van der Waals surface area (Å²) in [6.45, 7) is 2.93. The van der Waals surface area contributed by atoms with Crippen molar-refractivity contribution in [3.8, 4) is 0 Å². The number of nitrogens with zero attached hydrogens (tertiary/aromatic N) is 4. The van der Waals surface area contributed by atoms with Gasteiger partial charge in [0.25, 0.3) is 11.5 Å². The Kier molecular flexibility index (Phi) is 7.44. The van der Waals surface area contributed by atoms with Crippen LogP contribution >= 0.6 is 0 Å². The summed E-state index contributed by atoms with van der Waals surface area (Å²) in [5.74, 6) is -0.144. The van der Waals surface area contributed by atoms with Crippen molar-refractivity contribution < 1.29 is 4.79 Å². The molecule has 7 nitrogen and oxygen atoms in total. The maximum Gasteiger partial charge on any atom is 0.261 e. The molecule has 0 saturated heterocycles. The highest BCUT2D eigenvalue weighted by molar-refractivity contribution is 5.94. The smallest absolute Gasteiger partial charge is 0.261 e. The Bertz CT molecular complexity index is 1310. The molecule has 7 heteroatoms. The minimum atomic E-state index is -0.379. The normalized spacial score (nSPS) is 11.9. The predicted molar refractivity (Wildman–Crippen MR) is 133 cm³/mol. The molecule has 0 aliphatic rings. The van der Waals surface area contributed by atoms with E-state index in [1.54, 1.807) is 40.0 Å². The molecule has 1 unspecified atom stereocenters. The topological polar surface area (TPSA) is 93.6 Å². The van der Waals surface area contributed by atoms with Crippen LogP contribution < -0.4 is 11.3 Å². The van der Waals surface area contributed by atoms with Crippen LogP contribution in [0.4, 0.5) is 0 Å². The molecule has 0 saturated carbocycles. The molecule has 0 aliphatic carbocycles. The van der Waals surface area contributed by atoms with E-state index in [0.29, 0.717) is 54.8 Å². The molecular weight excluding hydrogens is 426 g/mol. The maximum absolute atomic E-state index is 13.6. The number of aromatic nitrogens is 3. The summed E-state index contributed by atoms with van der Waals surface area (Å²) < 4.78 is 1.57. The Morgan fingerprint density at radius 2 is 1.88 bits per heavy atom. The van der Waals surface area contributed by atoms with Crippen LogP contribution in [0.3, 0.4) is 0 Å². The average molecular weight is 456 g/mol. The van der Waals surface area contributed by atoms with Gasteiger partial charge in [-0.05, 0) is 49.2 Å². The maximum atomic E-state index is 13.6. The van der Waals surface area contributed by atoms with Gasteiger partial charge in [0.1, 0.15) is 5.65 Å². The number of nitrogens with two attached hydrogens (primary N) is 1. The number of fused-ring (bicyclic) bond motifs is 1. The van der Waals surface area contributed by atoms with E-state index >= 15 is 0 Å². The van der Waals surface area contributed by atoms with Gasteiger partial charge in [0.2, 0.25) is 0 Å². The first-order chi connectivity index (χ1) is 16.6. The number of pyridine rings is 2. The van der Waals surface area contributed by atoms with Gasteiger partial charge in [-0.25, -0.2) is 4.98 Å². The first kappa shape index (κ1) is 23.3. The molecule has 0 spiro atoms. The minimum Gasteiger partial charge on any atom is -0.330 e. The van der Waals surface area contributed by atoms with Gasteiger partial charge in [-0.15, -0.1) is 0 Å². The summed E-state index contributed by atoms with van der Waals surface area (Å²) in [4.78, 5) is 38.1. The number of rotatable bonds is 9. The Balaban J connectivity index is 1.87. The van der Waals surface area contributed by atoms with E-state index in [9.17, 15) is 9.59 Å². The van der Waals surface area contributed by atoms with E-state index in [2.05, 4.69) is 4.98 Å². The van der Waals surface area contributed by atoms with Crippen LogP contribution in [0.25, 0.3) is 5.65 Å². The third kappa shape index (κ3) is 4.89. The van der Waals surface area contributed by atoms with Crippen molar-refractivity contribution in [1.29, 1.82) is 0 Å². The minimum absolute atomic E-state index is 0.115. The van der Waals surface area contributed by atoms with E-state index in [1.165, 1.54) is 0 Å². The fourth-order valence-electron chi connectivity index (χ4n) is 4.26. The monoisotopic (exact) mass is 455 g/mol. The zero-order valence-corrected chi connectivity index (χ0v) is 19.3. The Hall–Kier alpha value is -3.84. The second-order valence-corrected chi connectivity index (χ2v) is 8.18. The molecule has 3 heterocycles. The molecule has 2 N–H and O–H groups in total. The lowest BCUT2D eigenvalue weighted by Crippen LogP contribution is -2.38. The summed E-state index contributed by atoms with van der Waals surface area (Å²) in [5, 5.41) is 0. The van der Waals surface area contributed by atoms with Crippen LogP contribution in [0.15, 0.2) is 84.0 Å². The fraction of sp³-hybridized carbons (Fsp3) is 0.259. The molecule has 4 rings (SSSR count). The van der Waals surface area contributed by atoms with Gasteiger partial charge < -0.3 is 10.6 Å². The highest BCUT2D eigenvalue weighted by Crippen LogP contribution is 2.28. The van der Waals surface area contributed by atoms with Crippen LogP contribution in [0.2, 0.25) is 0 Å². The van der Waals surface area contributed by atoms with E-state index in [0.717, 1.165) is 5.56 Å². The molecule has 1 aromatic carbocycles. The van der Waals surface area contributed by atoms with Crippen molar-refractivity contribution in [2.45, 2.75) is 32.2 Å². The van der Waals surface area contributed by atoms with Gasteiger partial charge in [-0.2, -0.15) is 0 Å². The van der Waals surface area contributed by atoms with Gasteiger partial charge in [0, 0.05) is 37.1 Å². The van der Waals surface area contributed by atoms with Gasteiger partial charge in [-0.1, -0.05) is 43.3 Å². The molecule has 4 aromatic rings. The van der Waals surface area contributed by atoms with E-state index < -0.39 is 0 Å². The fourth-order valence-corrected chi connectivity index (χ4v) is 4.26. The van der Waals surface area contributed by atoms with E-state index in [4.69, 9.17) is 10.7 Å². The number of hydrogen-bond donors (Lipinski definition) is 1. The zero-order chi connectivity index (χ0) is 23.9. The lowest BCUT2D eigenvalue weighted by Gasteiger charge is -2.32. The summed E-state index contributed by atoms with van der Waals surface area (Å²) in [6.07, 6.45) is 6.62. The highest BCUT2D eigenvalue weighted by atomic mass is 16.2. The lowest BCUT2D eigenvalue weighted by molar-refractivity contribution is 0.0663. The predicted octanol–water partition coefficient (Wildman–Crippen LogP) is 3.62. The largest absolute Gasteiger partial charge is 0.330 e. The van der Waals surface area contributed by atoms with Crippen molar-refractivity contribution in [2.24, 2.45) is 5.73 Å². The molecule has 1 atom stereocenters. The highest BCUT2D eigenvalue weighted by Gasteiger charge is 2.29. The van der Waals surface area contributed by atoms with Gasteiger partial charge in [0.05, 0.1) is 17.3 Å². The first-order valence-corrected chi connectivity index (χ1v) is 11.6. The second kappa shape index (κ2) is 10.9. The lowest BCUT2D eigenvalue weighted by atomic mass is 9.97. The van der Waals surface area contributed by atoms with Crippen molar-refractivity contribution in [2.75, 3.05) is 13.1 Å². The van der Waals surface area contributed by atoms with Crippen LogP contribution in [0, 0.1) is 0 Å². The molecule has 174 valence electrons. The van der Waals surface area contributed by atoms with E-state index in [-0.39, 0.29) is 17.5 Å². The number of carbonyl (C=O) groups excluding carboxylic acids is 1. The molecule has 34 heavy (non-hydrogen) atoms. The summed E-state index contributed by atoms with van der Waals surface area (Å²) in [7, 11) is 0. The number of benzene rings is 1. The van der Waals surface area contributed by atoms with Crippen molar-refractivity contribution in [3.63, 3.8) is 0 Å². The van der Waals surface area contributed by atoms with Gasteiger partial charge >= 0.3 is 0 Å². The molecule has 1 amide bonds.